The lowest BCUT2D eigenvalue weighted by Crippen LogP contribution is -2.01. The van der Waals surface area contributed by atoms with Crippen molar-refractivity contribution in [2.24, 2.45) is 35.5 Å². The third-order valence-corrected chi connectivity index (χ3v) is 17.2. The Bertz CT molecular complexity index is 2800. The topological polar surface area (TPSA) is 0 Å². The molecular formula is C72H96. The molecule has 0 nitrogen and oxygen atoms in total. The third kappa shape index (κ3) is 13.9. The second kappa shape index (κ2) is 26.5. The lowest BCUT2D eigenvalue weighted by atomic mass is 9.90. The van der Waals surface area contributed by atoms with Gasteiger partial charge in [0.05, 0.1) is 5.48 Å². The molecule has 0 saturated heterocycles. The van der Waals surface area contributed by atoms with E-state index < -0.39 is 0 Å². The van der Waals surface area contributed by atoms with Gasteiger partial charge in [-0.3, -0.25) is 0 Å². The minimum atomic E-state index is 0.0172. The normalized spacial score (nSPS) is 24.6. The summed E-state index contributed by atoms with van der Waals surface area (Å²) >= 11 is 0. The third-order valence-electron chi connectivity index (χ3n) is 17.2. The van der Waals surface area contributed by atoms with E-state index in [9.17, 15) is 0 Å². The zero-order valence-electron chi connectivity index (χ0n) is 52.7. The van der Waals surface area contributed by atoms with E-state index in [1.165, 1.54) is 112 Å². The molecule has 384 valence electrons. The molecule has 0 fully saturated rings. The van der Waals surface area contributed by atoms with Crippen molar-refractivity contribution >= 4 is 0 Å². The molecule has 0 amide bonds. The quantitative estimate of drug-likeness (QED) is 0.156. The van der Waals surface area contributed by atoms with Crippen LogP contribution in [0.25, 0.3) is 0 Å². The molecule has 0 bridgehead atoms. The molecule has 0 aliphatic heterocycles. The second-order valence-electron chi connectivity index (χ2n) is 23.9. The Labute approximate surface area is 449 Å². The molecule has 6 aliphatic rings. The van der Waals surface area contributed by atoms with E-state index in [-0.39, 0.29) is 12.8 Å². The molecule has 0 N–H and O–H groups in total. The van der Waals surface area contributed by atoms with Crippen LogP contribution in [-0.4, -0.2) is 0 Å². The van der Waals surface area contributed by atoms with Crippen molar-refractivity contribution in [3.63, 3.8) is 0 Å². The number of fused-ring (bicyclic) bond motifs is 6. The van der Waals surface area contributed by atoms with Crippen LogP contribution in [0.5, 0.6) is 0 Å². The predicted octanol–water partition coefficient (Wildman–Crippen LogP) is 20.2. The first-order valence-electron chi connectivity index (χ1n) is 31.7. The number of hydrogen-bond acceptors (Lipinski definition) is 0. The minimum absolute atomic E-state index is 0.0172. The van der Waals surface area contributed by atoms with E-state index in [0.29, 0.717) is 71.3 Å². The van der Waals surface area contributed by atoms with Gasteiger partial charge in [0.2, 0.25) is 0 Å². The Morgan fingerprint density at radius 2 is 0.583 bits per heavy atom. The van der Waals surface area contributed by atoms with Crippen LogP contribution in [0.2, 0.25) is 0 Å². The minimum Gasteiger partial charge on any atom is -0.0622 e. The van der Waals surface area contributed by atoms with Crippen LogP contribution in [0.4, 0.5) is 0 Å². The number of hydrogen-bond donors (Lipinski definition) is 0. The number of rotatable bonds is 6. The van der Waals surface area contributed by atoms with E-state index in [2.05, 4.69) is 144 Å². The molecule has 6 aliphatic carbocycles. The van der Waals surface area contributed by atoms with Crippen LogP contribution in [0.1, 0.15) is 232 Å². The van der Waals surface area contributed by atoms with Crippen molar-refractivity contribution in [2.45, 2.75) is 196 Å². The zero-order valence-corrected chi connectivity index (χ0v) is 46.7. The average Bonchev–Trinajstić information content (AvgIpc) is 4.30. The van der Waals surface area contributed by atoms with Gasteiger partial charge in [0, 0.05) is 2.74 Å². The Morgan fingerprint density at radius 1 is 0.292 bits per heavy atom. The fourth-order valence-electron chi connectivity index (χ4n) is 12.9. The maximum absolute atomic E-state index is 7.94. The maximum Gasteiger partial charge on any atom is 0.0626 e. The molecule has 0 heterocycles. The number of aryl methyl sites for hydroxylation is 5. The predicted molar refractivity (Wildman–Crippen MR) is 314 cm³/mol. The molecule has 0 saturated carbocycles. The van der Waals surface area contributed by atoms with Crippen LogP contribution in [0.15, 0.2) is 145 Å². The fraction of sp³-hybridized carbons (Fsp3) is 0.500. The van der Waals surface area contributed by atoms with Gasteiger partial charge >= 0.3 is 0 Å². The van der Waals surface area contributed by atoms with Crippen molar-refractivity contribution in [3.05, 3.63) is 212 Å². The van der Waals surface area contributed by atoms with Crippen molar-refractivity contribution < 1.29 is 8.22 Å². The second-order valence-corrected chi connectivity index (χ2v) is 23.9. The van der Waals surface area contributed by atoms with E-state index in [1.54, 1.807) is 0 Å². The Balaban J connectivity index is 0.000000136. The summed E-state index contributed by atoms with van der Waals surface area (Å²) < 4.78 is 46.7. The molecule has 0 aromatic heterocycles. The molecular weight excluding hydrogens is 865 g/mol. The van der Waals surface area contributed by atoms with E-state index >= 15 is 0 Å². The molecule has 6 aromatic rings. The highest BCUT2D eigenvalue weighted by Crippen LogP contribution is 2.42. The summed E-state index contributed by atoms with van der Waals surface area (Å²) in [6.07, 6.45) is 11.7. The van der Waals surface area contributed by atoms with Crippen molar-refractivity contribution in [3.8, 4) is 0 Å². The van der Waals surface area contributed by atoms with Gasteiger partial charge in [-0.25, -0.2) is 0 Å². The van der Waals surface area contributed by atoms with Gasteiger partial charge in [-0.05, 0) is 215 Å². The van der Waals surface area contributed by atoms with Crippen LogP contribution < -0.4 is 0 Å². The summed E-state index contributed by atoms with van der Waals surface area (Å²) in [5.74, 6) is 8.13. The highest BCUT2D eigenvalue weighted by molar-refractivity contribution is 5.39. The molecule has 12 rings (SSSR count). The summed E-state index contributed by atoms with van der Waals surface area (Å²) in [5, 5.41) is 0. The fourth-order valence-corrected chi connectivity index (χ4v) is 12.9. The van der Waals surface area contributed by atoms with Gasteiger partial charge in [-0.2, -0.15) is 0 Å². The lowest BCUT2D eigenvalue weighted by molar-refractivity contribution is 0.496. The zero-order chi connectivity index (χ0) is 56.5. The summed E-state index contributed by atoms with van der Waals surface area (Å²) in [6, 6.07) is 44.0. The van der Waals surface area contributed by atoms with Gasteiger partial charge in [-0.1, -0.05) is 229 Å². The van der Waals surface area contributed by atoms with Gasteiger partial charge in [0.15, 0.2) is 0 Å². The molecule has 8 atom stereocenters. The molecule has 6 aromatic carbocycles. The highest BCUT2D eigenvalue weighted by atomic mass is 14.3. The summed E-state index contributed by atoms with van der Waals surface area (Å²) in [7, 11) is 0. The summed E-state index contributed by atoms with van der Waals surface area (Å²) in [6.45, 7) is 27.2. The largest absolute Gasteiger partial charge is 0.0626 e. The average molecular weight is 974 g/mol. The standard InChI is InChI=1S/6C12H16/c6*1-9(2)11-8-7-10-5-3-4-6-12(10)11/h6*3-6,9,11H,7-8H2,1-2H3/i2*7T;6T;5T;4T;3T. The van der Waals surface area contributed by atoms with E-state index in [1.807, 2.05) is 60.7 Å². The Hall–Kier alpha value is -4.68. The van der Waals surface area contributed by atoms with E-state index in [0.717, 1.165) is 43.2 Å². The van der Waals surface area contributed by atoms with Gasteiger partial charge in [0.1, 0.15) is 0 Å². The molecule has 0 heteroatoms. The van der Waals surface area contributed by atoms with Crippen LogP contribution in [-0.2, 0) is 38.5 Å². The molecule has 8 unspecified atom stereocenters. The lowest BCUT2D eigenvalue weighted by Gasteiger charge is -2.14. The molecule has 0 spiro atoms. The maximum atomic E-state index is 7.94. The van der Waals surface area contributed by atoms with Gasteiger partial charge in [0.25, 0.3) is 0 Å². The van der Waals surface area contributed by atoms with Crippen molar-refractivity contribution in [1.29, 1.82) is 0 Å². The Morgan fingerprint density at radius 3 is 1.10 bits per heavy atom. The van der Waals surface area contributed by atoms with Crippen LogP contribution in [0.3, 0.4) is 0 Å². The first-order valence-corrected chi connectivity index (χ1v) is 28.5. The first-order chi connectivity index (χ1) is 37.2. The first kappa shape index (κ1) is 47.1. The number of benzene rings is 6. The SMILES string of the molecule is [3H]C1CC(C(C)C)c2ccccc21.[3H]C1CC(C(C)C)c2ccccc21.[3H]c1ccc2c(c1)C(C(C)C)CC2.[3H]c1ccc2c(c1)CCC2C(C)C.[3H]c1cccc2c1C(C(C)C)CC2.[3H]c1cccc2c1CCC2C(C)C. The van der Waals surface area contributed by atoms with Gasteiger partial charge < -0.3 is 0 Å². The Kier molecular flexibility index (Phi) is 17.3. The monoisotopic (exact) mass is 973 g/mol. The summed E-state index contributed by atoms with van der Waals surface area (Å²) in [5.41, 5.74) is 16.6. The highest BCUT2D eigenvalue weighted by Gasteiger charge is 2.28. The smallest absolute Gasteiger partial charge is 0.0622 e. The molecule has 0 radical (unpaired) electrons. The molecule has 72 heavy (non-hydrogen) atoms. The van der Waals surface area contributed by atoms with Crippen LogP contribution >= 0.6 is 0 Å². The van der Waals surface area contributed by atoms with Crippen molar-refractivity contribution in [1.82, 2.24) is 0 Å². The van der Waals surface area contributed by atoms with Crippen molar-refractivity contribution in [2.75, 3.05) is 0 Å². The van der Waals surface area contributed by atoms with Crippen LogP contribution in [0, 0.1) is 35.5 Å². The van der Waals surface area contributed by atoms with E-state index in [4.69, 9.17) is 8.22 Å². The van der Waals surface area contributed by atoms with Gasteiger partial charge in [-0.15, -0.1) is 0 Å². The summed E-state index contributed by atoms with van der Waals surface area (Å²) in [4.78, 5) is 0.